The minimum absolute atomic E-state index is 0.0907. The maximum absolute atomic E-state index is 12.1. The SMILES string of the molecule is COc1ccc(C(=O)NCCc2ccc3c(c2)OCCCO3)cc1. The fraction of sp³-hybridized carbons (Fsp3) is 0.316. The van der Waals surface area contributed by atoms with Gasteiger partial charge >= 0.3 is 0 Å². The van der Waals surface area contributed by atoms with Crippen molar-refractivity contribution >= 4 is 5.91 Å². The van der Waals surface area contributed by atoms with Gasteiger partial charge in [0.25, 0.3) is 5.91 Å². The Hall–Kier alpha value is -2.69. The number of fused-ring (bicyclic) bond motifs is 1. The Kier molecular flexibility index (Phi) is 5.21. The third-order valence-electron chi connectivity index (χ3n) is 3.86. The van der Waals surface area contributed by atoms with Crippen molar-refractivity contribution in [3.8, 4) is 17.2 Å². The fourth-order valence-electron chi connectivity index (χ4n) is 2.53. The molecule has 0 unspecified atom stereocenters. The highest BCUT2D eigenvalue weighted by molar-refractivity contribution is 5.94. The summed E-state index contributed by atoms with van der Waals surface area (Å²) in [6, 6.07) is 13.0. The Bertz CT molecular complexity index is 697. The van der Waals surface area contributed by atoms with E-state index < -0.39 is 0 Å². The first-order valence-electron chi connectivity index (χ1n) is 8.07. The molecule has 1 heterocycles. The lowest BCUT2D eigenvalue weighted by Crippen LogP contribution is -2.25. The zero-order valence-corrected chi connectivity index (χ0v) is 13.7. The molecule has 0 fully saturated rings. The number of benzene rings is 2. The number of methoxy groups -OCH3 is 1. The smallest absolute Gasteiger partial charge is 0.251 e. The van der Waals surface area contributed by atoms with Crippen LogP contribution in [0.2, 0.25) is 0 Å². The van der Waals surface area contributed by atoms with E-state index in [0.29, 0.717) is 25.3 Å². The molecule has 126 valence electrons. The molecular weight excluding hydrogens is 306 g/mol. The first-order valence-corrected chi connectivity index (χ1v) is 8.07. The summed E-state index contributed by atoms with van der Waals surface area (Å²) in [5.41, 5.74) is 1.73. The molecule has 0 radical (unpaired) electrons. The summed E-state index contributed by atoms with van der Waals surface area (Å²) in [7, 11) is 1.60. The van der Waals surface area contributed by atoms with Gasteiger partial charge in [-0.05, 0) is 48.4 Å². The highest BCUT2D eigenvalue weighted by Gasteiger charge is 2.11. The molecule has 1 aliphatic heterocycles. The zero-order valence-electron chi connectivity index (χ0n) is 13.7. The van der Waals surface area contributed by atoms with Gasteiger partial charge in [0.2, 0.25) is 0 Å². The summed E-state index contributed by atoms with van der Waals surface area (Å²) in [6.45, 7) is 1.92. The van der Waals surface area contributed by atoms with Crippen molar-refractivity contribution in [2.24, 2.45) is 0 Å². The number of carbonyl (C=O) groups excluding carboxylic acids is 1. The van der Waals surface area contributed by atoms with Crippen molar-refractivity contribution < 1.29 is 19.0 Å². The van der Waals surface area contributed by atoms with Gasteiger partial charge in [0, 0.05) is 18.5 Å². The minimum Gasteiger partial charge on any atom is -0.497 e. The van der Waals surface area contributed by atoms with Crippen LogP contribution < -0.4 is 19.5 Å². The van der Waals surface area contributed by atoms with Crippen molar-refractivity contribution in [2.45, 2.75) is 12.8 Å². The van der Waals surface area contributed by atoms with E-state index in [1.54, 1.807) is 31.4 Å². The van der Waals surface area contributed by atoms with E-state index in [-0.39, 0.29) is 5.91 Å². The van der Waals surface area contributed by atoms with Gasteiger partial charge in [0.1, 0.15) is 5.75 Å². The maximum atomic E-state index is 12.1. The second kappa shape index (κ2) is 7.73. The number of ether oxygens (including phenoxy) is 3. The summed E-state index contributed by atoms with van der Waals surface area (Å²) in [6.07, 6.45) is 1.63. The van der Waals surface area contributed by atoms with Crippen molar-refractivity contribution in [1.29, 1.82) is 0 Å². The number of hydrogen-bond donors (Lipinski definition) is 1. The summed E-state index contributed by atoms with van der Waals surface area (Å²) >= 11 is 0. The predicted octanol–water partition coefficient (Wildman–Crippen LogP) is 2.83. The second-order valence-electron chi connectivity index (χ2n) is 5.57. The van der Waals surface area contributed by atoms with E-state index in [1.807, 2.05) is 18.2 Å². The van der Waals surface area contributed by atoms with Gasteiger partial charge in [-0.2, -0.15) is 0 Å². The van der Waals surface area contributed by atoms with E-state index in [9.17, 15) is 4.79 Å². The minimum atomic E-state index is -0.0907. The molecule has 1 N–H and O–H groups in total. The molecule has 3 rings (SSSR count). The average molecular weight is 327 g/mol. The number of amides is 1. The normalized spacial score (nSPS) is 13.0. The first kappa shape index (κ1) is 16.2. The second-order valence-corrected chi connectivity index (χ2v) is 5.57. The van der Waals surface area contributed by atoms with Crippen molar-refractivity contribution in [3.05, 3.63) is 53.6 Å². The number of carbonyl (C=O) groups is 1. The Morgan fingerprint density at radius 2 is 1.83 bits per heavy atom. The van der Waals surface area contributed by atoms with E-state index in [1.165, 1.54) is 0 Å². The average Bonchev–Trinajstić information content (AvgIpc) is 2.86. The molecule has 0 spiro atoms. The van der Waals surface area contributed by atoms with Gasteiger partial charge in [-0.1, -0.05) is 6.07 Å². The van der Waals surface area contributed by atoms with Crippen LogP contribution in [-0.2, 0) is 6.42 Å². The molecule has 0 atom stereocenters. The monoisotopic (exact) mass is 327 g/mol. The van der Waals surface area contributed by atoms with Crippen LogP contribution in [0.1, 0.15) is 22.3 Å². The summed E-state index contributed by atoms with van der Waals surface area (Å²) in [4.78, 5) is 12.1. The number of hydrogen-bond acceptors (Lipinski definition) is 4. The topological polar surface area (TPSA) is 56.8 Å². The van der Waals surface area contributed by atoms with E-state index in [4.69, 9.17) is 14.2 Å². The molecule has 2 aromatic carbocycles. The quantitative estimate of drug-likeness (QED) is 0.917. The van der Waals surface area contributed by atoms with Crippen LogP contribution in [0.15, 0.2) is 42.5 Å². The Morgan fingerprint density at radius 1 is 1.08 bits per heavy atom. The van der Waals surface area contributed by atoms with E-state index in [2.05, 4.69) is 5.32 Å². The lowest BCUT2D eigenvalue weighted by Gasteiger charge is -2.10. The Morgan fingerprint density at radius 3 is 2.58 bits per heavy atom. The Labute approximate surface area is 141 Å². The van der Waals surface area contributed by atoms with Crippen LogP contribution in [0.25, 0.3) is 0 Å². The van der Waals surface area contributed by atoms with Gasteiger partial charge in [0.15, 0.2) is 11.5 Å². The third-order valence-corrected chi connectivity index (χ3v) is 3.86. The molecule has 0 saturated heterocycles. The fourth-order valence-corrected chi connectivity index (χ4v) is 2.53. The van der Waals surface area contributed by atoms with Gasteiger partial charge in [-0.25, -0.2) is 0 Å². The molecule has 0 aliphatic carbocycles. The maximum Gasteiger partial charge on any atom is 0.251 e. The summed E-state index contributed by atoms with van der Waals surface area (Å²) in [5, 5.41) is 2.93. The summed E-state index contributed by atoms with van der Waals surface area (Å²) < 4.78 is 16.4. The first-order chi connectivity index (χ1) is 11.8. The molecule has 1 aliphatic rings. The van der Waals surface area contributed by atoms with Crippen LogP contribution in [0, 0.1) is 0 Å². The Balaban J connectivity index is 1.54. The van der Waals surface area contributed by atoms with Crippen LogP contribution >= 0.6 is 0 Å². The van der Waals surface area contributed by atoms with Gasteiger partial charge in [-0.15, -0.1) is 0 Å². The van der Waals surface area contributed by atoms with E-state index >= 15 is 0 Å². The lowest BCUT2D eigenvalue weighted by molar-refractivity contribution is 0.0954. The highest BCUT2D eigenvalue weighted by atomic mass is 16.5. The lowest BCUT2D eigenvalue weighted by atomic mass is 10.1. The molecule has 0 saturated carbocycles. The largest absolute Gasteiger partial charge is 0.497 e. The number of nitrogens with one attached hydrogen (secondary N) is 1. The highest BCUT2D eigenvalue weighted by Crippen LogP contribution is 2.30. The van der Waals surface area contributed by atoms with Crippen LogP contribution in [0.5, 0.6) is 17.2 Å². The van der Waals surface area contributed by atoms with Crippen molar-refractivity contribution in [3.63, 3.8) is 0 Å². The van der Waals surface area contributed by atoms with Crippen molar-refractivity contribution in [1.82, 2.24) is 5.32 Å². The molecule has 0 aromatic heterocycles. The van der Waals surface area contributed by atoms with Crippen LogP contribution in [-0.4, -0.2) is 32.8 Å². The predicted molar refractivity (Wildman–Crippen MR) is 91.1 cm³/mol. The van der Waals surface area contributed by atoms with E-state index in [0.717, 1.165) is 35.7 Å². The van der Waals surface area contributed by atoms with Gasteiger partial charge in [-0.3, -0.25) is 4.79 Å². The standard InChI is InChI=1S/C19H21NO4/c1-22-16-6-4-15(5-7-16)19(21)20-10-9-14-3-8-17-18(13-14)24-12-2-11-23-17/h3-8,13H,2,9-12H2,1H3,(H,20,21). The molecule has 24 heavy (non-hydrogen) atoms. The zero-order chi connectivity index (χ0) is 16.8. The molecule has 1 amide bonds. The van der Waals surface area contributed by atoms with Gasteiger partial charge < -0.3 is 19.5 Å². The summed E-state index contributed by atoms with van der Waals surface area (Å²) in [5.74, 6) is 2.22. The third kappa shape index (κ3) is 3.98. The molecule has 5 nitrogen and oxygen atoms in total. The van der Waals surface area contributed by atoms with Crippen LogP contribution in [0.4, 0.5) is 0 Å². The van der Waals surface area contributed by atoms with Crippen molar-refractivity contribution in [2.75, 3.05) is 26.9 Å². The molecule has 5 heteroatoms. The van der Waals surface area contributed by atoms with Crippen LogP contribution in [0.3, 0.4) is 0 Å². The van der Waals surface area contributed by atoms with Gasteiger partial charge in [0.05, 0.1) is 20.3 Å². The number of rotatable bonds is 5. The molecule has 0 bridgehead atoms. The molecular formula is C19H21NO4. The molecule has 2 aromatic rings.